The van der Waals surface area contributed by atoms with E-state index in [1.807, 2.05) is 25.1 Å². The van der Waals surface area contributed by atoms with E-state index in [4.69, 9.17) is 0 Å². The Morgan fingerprint density at radius 2 is 2.33 bits per heavy atom. The summed E-state index contributed by atoms with van der Waals surface area (Å²) in [5, 5.41) is 10.3. The number of nitrogens with zero attached hydrogens (tertiary/aromatic N) is 4. The van der Waals surface area contributed by atoms with Gasteiger partial charge in [-0.1, -0.05) is 11.3 Å². The van der Waals surface area contributed by atoms with E-state index in [0.29, 0.717) is 19.5 Å². The highest BCUT2D eigenvalue weighted by atomic mass is 16.1. The lowest BCUT2D eigenvalue weighted by atomic mass is 10.3. The molecule has 2 heterocycles. The number of aryl methyl sites for hydroxylation is 2. The van der Waals surface area contributed by atoms with Gasteiger partial charge in [-0.25, -0.2) is 0 Å². The zero-order valence-electron chi connectivity index (χ0n) is 10.2. The Morgan fingerprint density at radius 3 is 3.06 bits per heavy atom. The molecule has 18 heavy (non-hydrogen) atoms. The van der Waals surface area contributed by atoms with Gasteiger partial charge in [-0.05, 0) is 19.1 Å². The van der Waals surface area contributed by atoms with Gasteiger partial charge < -0.3 is 5.32 Å². The highest BCUT2D eigenvalue weighted by molar-refractivity contribution is 5.75. The maximum atomic E-state index is 11.6. The second-order valence-corrected chi connectivity index (χ2v) is 3.96. The predicted molar refractivity (Wildman–Crippen MR) is 65.5 cm³/mol. The van der Waals surface area contributed by atoms with Crippen molar-refractivity contribution in [1.82, 2.24) is 25.3 Å². The molecule has 0 radical (unpaired) electrons. The van der Waals surface area contributed by atoms with E-state index in [2.05, 4.69) is 20.6 Å². The fourth-order valence-corrected chi connectivity index (χ4v) is 1.54. The highest BCUT2D eigenvalue weighted by Crippen LogP contribution is 1.97. The Bertz CT molecular complexity index is 509. The third-order valence-corrected chi connectivity index (χ3v) is 2.45. The number of pyridine rings is 1. The van der Waals surface area contributed by atoms with Crippen molar-refractivity contribution in [2.24, 2.45) is 0 Å². The summed E-state index contributed by atoms with van der Waals surface area (Å²) >= 11 is 0. The van der Waals surface area contributed by atoms with Crippen molar-refractivity contribution in [3.8, 4) is 0 Å². The Morgan fingerprint density at radius 1 is 1.44 bits per heavy atom. The van der Waals surface area contributed by atoms with Gasteiger partial charge in [0, 0.05) is 18.3 Å². The zero-order chi connectivity index (χ0) is 12.8. The minimum Gasteiger partial charge on any atom is -0.350 e. The first kappa shape index (κ1) is 12.2. The smallest absolute Gasteiger partial charge is 0.222 e. The van der Waals surface area contributed by atoms with Gasteiger partial charge >= 0.3 is 0 Å². The van der Waals surface area contributed by atoms with Crippen molar-refractivity contribution in [1.29, 1.82) is 0 Å². The first-order valence-corrected chi connectivity index (χ1v) is 5.77. The third kappa shape index (κ3) is 3.65. The average molecular weight is 245 g/mol. The van der Waals surface area contributed by atoms with E-state index in [-0.39, 0.29) is 5.91 Å². The molecule has 1 N–H and O–H groups in total. The second kappa shape index (κ2) is 5.90. The van der Waals surface area contributed by atoms with Crippen molar-refractivity contribution in [3.05, 3.63) is 42.0 Å². The fourth-order valence-electron chi connectivity index (χ4n) is 1.54. The van der Waals surface area contributed by atoms with Gasteiger partial charge in [-0.2, -0.15) is 0 Å². The van der Waals surface area contributed by atoms with Crippen LogP contribution in [0.5, 0.6) is 0 Å². The van der Waals surface area contributed by atoms with Crippen LogP contribution in [0.4, 0.5) is 0 Å². The van der Waals surface area contributed by atoms with Crippen LogP contribution < -0.4 is 5.32 Å². The van der Waals surface area contributed by atoms with Crippen LogP contribution in [0.1, 0.15) is 17.8 Å². The summed E-state index contributed by atoms with van der Waals surface area (Å²) < 4.78 is 1.63. The SMILES string of the molecule is Cc1cccc(CNC(=O)CCn2ccnn2)n1. The summed E-state index contributed by atoms with van der Waals surface area (Å²) in [5.74, 6) is -0.0196. The molecule has 0 fully saturated rings. The number of rotatable bonds is 5. The van der Waals surface area contributed by atoms with Crippen LogP contribution in [-0.4, -0.2) is 25.9 Å². The summed E-state index contributed by atoms with van der Waals surface area (Å²) in [6.07, 6.45) is 3.71. The molecule has 0 saturated carbocycles. The molecule has 0 aromatic carbocycles. The quantitative estimate of drug-likeness (QED) is 0.841. The molecule has 2 aromatic heterocycles. The van der Waals surface area contributed by atoms with Crippen molar-refractivity contribution in [2.75, 3.05) is 0 Å². The van der Waals surface area contributed by atoms with Gasteiger partial charge in [-0.15, -0.1) is 5.10 Å². The van der Waals surface area contributed by atoms with Gasteiger partial charge in [0.05, 0.1) is 25.0 Å². The Labute approximate surface area is 105 Å². The topological polar surface area (TPSA) is 72.7 Å². The molecule has 2 aromatic rings. The lowest BCUT2D eigenvalue weighted by Gasteiger charge is -2.05. The van der Waals surface area contributed by atoms with E-state index >= 15 is 0 Å². The molecule has 0 aliphatic rings. The Kier molecular flexibility index (Phi) is 4.01. The molecule has 94 valence electrons. The summed E-state index contributed by atoms with van der Waals surface area (Å²) in [6.45, 7) is 2.92. The molecule has 0 saturated heterocycles. The minimum absolute atomic E-state index is 0.0196. The van der Waals surface area contributed by atoms with Crippen LogP contribution in [0.15, 0.2) is 30.6 Å². The predicted octanol–water partition coefficient (Wildman–Crippen LogP) is 0.688. The molecule has 2 rings (SSSR count). The van der Waals surface area contributed by atoms with Crippen LogP contribution in [-0.2, 0) is 17.9 Å². The highest BCUT2D eigenvalue weighted by Gasteiger charge is 2.03. The first-order chi connectivity index (χ1) is 8.74. The average Bonchev–Trinajstić information content (AvgIpc) is 2.87. The van der Waals surface area contributed by atoms with Crippen LogP contribution in [0, 0.1) is 6.92 Å². The summed E-state index contributed by atoms with van der Waals surface area (Å²) in [7, 11) is 0. The molecule has 6 heteroatoms. The Balaban J connectivity index is 1.75. The van der Waals surface area contributed by atoms with Crippen LogP contribution in [0.3, 0.4) is 0 Å². The number of carbonyl (C=O) groups is 1. The third-order valence-electron chi connectivity index (χ3n) is 2.45. The van der Waals surface area contributed by atoms with Crippen LogP contribution in [0.25, 0.3) is 0 Å². The number of hydrogen-bond donors (Lipinski definition) is 1. The molecule has 6 nitrogen and oxygen atoms in total. The molecular formula is C12H15N5O. The second-order valence-electron chi connectivity index (χ2n) is 3.96. The first-order valence-electron chi connectivity index (χ1n) is 5.77. The zero-order valence-corrected chi connectivity index (χ0v) is 10.2. The van der Waals surface area contributed by atoms with E-state index in [1.54, 1.807) is 17.1 Å². The molecule has 0 aliphatic heterocycles. The van der Waals surface area contributed by atoms with Gasteiger partial charge in [0.1, 0.15) is 0 Å². The lowest BCUT2D eigenvalue weighted by molar-refractivity contribution is -0.121. The van der Waals surface area contributed by atoms with Gasteiger partial charge in [-0.3, -0.25) is 14.5 Å². The summed E-state index contributed by atoms with van der Waals surface area (Å²) in [4.78, 5) is 15.9. The fraction of sp³-hybridized carbons (Fsp3) is 0.333. The van der Waals surface area contributed by atoms with Crippen molar-refractivity contribution >= 4 is 5.91 Å². The number of nitrogens with one attached hydrogen (secondary N) is 1. The molecule has 0 bridgehead atoms. The number of amides is 1. The normalized spacial score (nSPS) is 10.3. The standard InChI is InChI=1S/C12H15N5O/c1-10-3-2-4-11(15-10)9-13-12(18)5-7-17-8-6-14-16-17/h2-4,6,8H,5,7,9H2,1H3,(H,13,18). The van der Waals surface area contributed by atoms with Gasteiger partial charge in [0.2, 0.25) is 5.91 Å². The van der Waals surface area contributed by atoms with E-state index in [1.165, 1.54) is 0 Å². The van der Waals surface area contributed by atoms with E-state index in [9.17, 15) is 4.79 Å². The Hall–Kier alpha value is -2.24. The van der Waals surface area contributed by atoms with Gasteiger partial charge in [0.15, 0.2) is 0 Å². The van der Waals surface area contributed by atoms with E-state index in [0.717, 1.165) is 11.4 Å². The molecule has 0 aliphatic carbocycles. The number of aromatic nitrogens is 4. The van der Waals surface area contributed by atoms with Crippen LogP contribution in [0.2, 0.25) is 0 Å². The molecular weight excluding hydrogens is 230 g/mol. The number of carbonyl (C=O) groups excluding carboxylic acids is 1. The van der Waals surface area contributed by atoms with Gasteiger partial charge in [0.25, 0.3) is 0 Å². The largest absolute Gasteiger partial charge is 0.350 e. The maximum Gasteiger partial charge on any atom is 0.222 e. The lowest BCUT2D eigenvalue weighted by Crippen LogP contribution is -2.24. The van der Waals surface area contributed by atoms with Crippen molar-refractivity contribution in [2.45, 2.75) is 26.4 Å². The molecule has 1 amide bonds. The minimum atomic E-state index is -0.0196. The maximum absolute atomic E-state index is 11.6. The van der Waals surface area contributed by atoms with Crippen molar-refractivity contribution < 1.29 is 4.79 Å². The van der Waals surface area contributed by atoms with E-state index < -0.39 is 0 Å². The molecule has 0 unspecified atom stereocenters. The number of hydrogen-bond acceptors (Lipinski definition) is 4. The van der Waals surface area contributed by atoms with Crippen LogP contribution >= 0.6 is 0 Å². The molecule has 0 atom stereocenters. The summed E-state index contributed by atoms with van der Waals surface area (Å²) in [5.41, 5.74) is 1.81. The monoisotopic (exact) mass is 245 g/mol. The van der Waals surface area contributed by atoms with Crippen molar-refractivity contribution in [3.63, 3.8) is 0 Å². The summed E-state index contributed by atoms with van der Waals surface area (Å²) in [6, 6.07) is 5.75. The molecule has 0 spiro atoms.